The van der Waals surface area contributed by atoms with Crippen LogP contribution in [0.1, 0.15) is 6.92 Å². The Hall–Kier alpha value is -4.51. The fourth-order valence-corrected chi connectivity index (χ4v) is 4.67. The predicted molar refractivity (Wildman–Crippen MR) is 149 cm³/mol. The van der Waals surface area contributed by atoms with Gasteiger partial charge in [-0.1, -0.05) is 0 Å². The molecule has 5 aromatic rings. The van der Waals surface area contributed by atoms with Crippen LogP contribution in [0.25, 0.3) is 33.2 Å². The first-order valence-corrected chi connectivity index (χ1v) is 12.3. The Balaban J connectivity index is 1.55. The molecule has 0 bridgehead atoms. The van der Waals surface area contributed by atoms with E-state index < -0.39 is 0 Å². The molecule has 38 heavy (non-hydrogen) atoms. The topological polar surface area (TPSA) is 108 Å². The molecule has 0 spiro atoms. The van der Waals surface area contributed by atoms with Crippen molar-refractivity contribution >= 4 is 44.9 Å². The van der Waals surface area contributed by atoms with Gasteiger partial charge in [-0.15, -0.1) is 0 Å². The summed E-state index contributed by atoms with van der Waals surface area (Å²) < 4.78 is 16.1. The van der Waals surface area contributed by atoms with Crippen LogP contribution in [0.15, 0.2) is 54.9 Å². The second-order valence-corrected chi connectivity index (χ2v) is 9.42. The number of anilines is 3. The molecule has 2 N–H and O–H groups in total. The molecule has 0 saturated heterocycles. The van der Waals surface area contributed by atoms with E-state index in [-0.39, 0.29) is 22.4 Å². The van der Waals surface area contributed by atoms with Gasteiger partial charge in [0.15, 0.2) is 0 Å². The molecular formula is C27H29FN8O2. The van der Waals surface area contributed by atoms with Crippen molar-refractivity contribution in [1.29, 1.82) is 0 Å². The fraction of sp³-hybridized carbons (Fsp3) is 0.259. The minimum atomic E-state index is -0.371. The van der Waals surface area contributed by atoms with E-state index in [1.54, 1.807) is 24.4 Å². The average Bonchev–Trinajstić information content (AvgIpc) is 3.48. The first-order chi connectivity index (χ1) is 18.2. The molecule has 2 aromatic carbocycles. The summed E-state index contributed by atoms with van der Waals surface area (Å²) in [6.07, 6.45) is 3.68. The molecular weight excluding hydrogens is 487 g/mol. The lowest BCUT2D eigenvalue weighted by Gasteiger charge is -2.24. The number of rotatable bonds is 9. The van der Waals surface area contributed by atoms with Gasteiger partial charge in [0.1, 0.15) is 17.2 Å². The van der Waals surface area contributed by atoms with Gasteiger partial charge in [0.05, 0.1) is 10.6 Å². The Morgan fingerprint density at radius 3 is 2.66 bits per heavy atom. The highest BCUT2D eigenvalue weighted by Crippen LogP contribution is 2.36. The first kappa shape index (κ1) is 25.2. The monoisotopic (exact) mass is 516 g/mol. The van der Waals surface area contributed by atoms with Gasteiger partial charge in [0.2, 0.25) is 5.95 Å². The second-order valence-electron chi connectivity index (χ2n) is 9.42. The Morgan fingerprint density at radius 2 is 1.92 bits per heavy atom. The van der Waals surface area contributed by atoms with Gasteiger partial charge in [-0.25, -0.2) is 9.37 Å². The maximum Gasteiger partial charge on any atom is 0.294 e. The summed E-state index contributed by atoms with van der Waals surface area (Å²) in [6, 6.07) is 11.6. The van der Waals surface area contributed by atoms with Crippen LogP contribution < -0.4 is 10.2 Å². The Labute approximate surface area is 218 Å². The summed E-state index contributed by atoms with van der Waals surface area (Å²) in [7, 11) is 5.84. The van der Waals surface area contributed by atoms with Gasteiger partial charge < -0.3 is 24.7 Å². The molecule has 0 fully saturated rings. The Morgan fingerprint density at radius 1 is 1.11 bits per heavy atom. The highest BCUT2D eigenvalue weighted by molar-refractivity contribution is 6.02. The number of benzene rings is 2. The van der Waals surface area contributed by atoms with Crippen molar-refractivity contribution in [3.05, 3.63) is 70.8 Å². The molecule has 0 aliphatic rings. The molecule has 0 saturated carbocycles. The van der Waals surface area contributed by atoms with Crippen molar-refractivity contribution in [2.45, 2.75) is 6.92 Å². The third kappa shape index (κ3) is 4.75. The van der Waals surface area contributed by atoms with Crippen molar-refractivity contribution in [2.75, 3.05) is 43.9 Å². The second kappa shape index (κ2) is 10.1. The highest BCUT2D eigenvalue weighted by atomic mass is 19.1. The molecule has 3 aromatic heterocycles. The van der Waals surface area contributed by atoms with Gasteiger partial charge in [-0.2, -0.15) is 4.98 Å². The van der Waals surface area contributed by atoms with E-state index in [9.17, 15) is 14.5 Å². The largest absolute Gasteiger partial charge is 0.365 e. The fourth-order valence-electron chi connectivity index (χ4n) is 4.67. The molecule has 0 unspecified atom stereocenters. The van der Waals surface area contributed by atoms with Crippen molar-refractivity contribution in [2.24, 2.45) is 7.05 Å². The van der Waals surface area contributed by atoms with Crippen LogP contribution in [0, 0.1) is 15.9 Å². The number of nitro benzene ring substituents is 1. The number of nitrogens with zero attached hydrogens (tertiary/aromatic N) is 6. The number of aromatic nitrogens is 4. The van der Waals surface area contributed by atoms with Gasteiger partial charge in [-0.05, 0) is 57.4 Å². The number of halogens is 1. The molecule has 0 amide bonds. The van der Waals surface area contributed by atoms with Crippen molar-refractivity contribution in [3.8, 4) is 11.3 Å². The summed E-state index contributed by atoms with van der Waals surface area (Å²) in [5.74, 6) is -0.0628. The zero-order chi connectivity index (χ0) is 27.0. The maximum atomic E-state index is 14.1. The van der Waals surface area contributed by atoms with E-state index in [2.05, 4.69) is 15.3 Å². The van der Waals surface area contributed by atoms with Crippen molar-refractivity contribution in [1.82, 2.24) is 24.4 Å². The van der Waals surface area contributed by atoms with E-state index >= 15 is 0 Å². The number of hydrogen-bond acceptors (Lipinski definition) is 7. The quantitative estimate of drug-likeness (QED) is 0.202. The van der Waals surface area contributed by atoms with Gasteiger partial charge in [0, 0.05) is 72.7 Å². The number of fused-ring (bicyclic) bond motifs is 2. The molecule has 5 rings (SSSR count). The lowest BCUT2D eigenvalue weighted by molar-refractivity contribution is -0.384. The third-order valence-electron chi connectivity index (χ3n) is 6.59. The zero-order valence-electron chi connectivity index (χ0n) is 21.7. The lowest BCUT2D eigenvalue weighted by atomic mass is 10.1. The summed E-state index contributed by atoms with van der Waals surface area (Å²) in [5, 5.41) is 16.6. The van der Waals surface area contributed by atoms with Crippen molar-refractivity contribution in [3.63, 3.8) is 0 Å². The lowest BCUT2D eigenvalue weighted by Crippen LogP contribution is -2.32. The van der Waals surface area contributed by atoms with Crippen LogP contribution in [0.4, 0.5) is 27.4 Å². The normalized spacial score (nSPS) is 11.5. The molecule has 0 atom stereocenters. The summed E-state index contributed by atoms with van der Waals surface area (Å²) in [6.45, 7) is 4.06. The molecule has 196 valence electrons. The Bertz CT molecular complexity index is 1640. The standard InChI is InChI=1S/C27H29FN8O2/c1-5-35(13-12-33(2)3)23-9-7-18(15-24(23)36(37)38)30-27-31-25(19-10-11-29-26(19)32-27)21-16-34(4)22-8-6-17(28)14-20(21)22/h6-11,14-16H,5,12-13H2,1-4H3,(H2,29,30,31,32). The van der Waals surface area contributed by atoms with E-state index in [1.807, 2.05) is 54.7 Å². The molecule has 10 nitrogen and oxygen atoms in total. The smallest absolute Gasteiger partial charge is 0.294 e. The highest BCUT2D eigenvalue weighted by Gasteiger charge is 2.21. The molecule has 0 aliphatic heterocycles. The predicted octanol–water partition coefficient (Wildman–Crippen LogP) is 5.30. The number of hydrogen-bond donors (Lipinski definition) is 2. The third-order valence-corrected chi connectivity index (χ3v) is 6.59. The van der Waals surface area contributed by atoms with Gasteiger partial charge in [0.25, 0.3) is 5.69 Å². The molecule has 11 heteroatoms. The number of nitro groups is 1. The van der Waals surface area contributed by atoms with Crippen LogP contribution in [-0.2, 0) is 7.05 Å². The van der Waals surface area contributed by atoms with Gasteiger partial charge in [-0.3, -0.25) is 10.1 Å². The first-order valence-electron chi connectivity index (χ1n) is 12.3. The van der Waals surface area contributed by atoms with Crippen LogP contribution in [0.5, 0.6) is 0 Å². The van der Waals surface area contributed by atoms with Crippen molar-refractivity contribution < 1.29 is 9.31 Å². The maximum absolute atomic E-state index is 14.1. The van der Waals surface area contributed by atoms with E-state index in [0.717, 1.165) is 28.4 Å². The molecule has 0 radical (unpaired) electrons. The number of nitrogens with one attached hydrogen (secondary N) is 2. The number of H-pyrrole nitrogens is 1. The zero-order valence-corrected chi connectivity index (χ0v) is 21.7. The summed E-state index contributed by atoms with van der Waals surface area (Å²) in [5.41, 5.74) is 3.91. The minimum Gasteiger partial charge on any atom is -0.365 e. The van der Waals surface area contributed by atoms with Crippen LogP contribution in [-0.4, -0.2) is 63.1 Å². The minimum absolute atomic E-state index is 0.00121. The van der Waals surface area contributed by atoms with E-state index in [1.165, 1.54) is 18.2 Å². The summed E-state index contributed by atoms with van der Waals surface area (Å²) >= 11 is 0. The molecule has 3 heterocycles. The van der Waals surface area contributed by atoms with Crippen LogP contribution >= 0.6 is 0 Å². The molecule has 0 aliphatic carbocycles. The number of likely N-dealkylation sites (N-methyl/N-ethyl adjacent to an activating group) is 2. The van der Waals surface area contributed by atoms with Crippen LogP contribution in [0.3, 0.4) is 0 Å². The Kier molecular flexibility index (Phi) is 6.68. The SMILES string of the molecule is CCN(CCN(C)C)c1ccc(Nc2nc(-c3cn(C)c4ccc(F)cc34)c3cc[nH]c3n2)cc1[N+](=O)[O-]. The van der Waals surface area contributed by atoms with E-state index in [0.29, 0.717) is 35.8 Å². The average molecular weight is 517 g/mol. The summed E-state index contributed by atoms with van der Waals surface area (Å²) in [4.78, 5) is 28.1. The van der Waals surface area contributed by atoms with E-state index in [4.69, 9.17) is 4.98 Å². The number of aromatic amines is 1. The number of aryl methyl sites for hydroxylation is 1. The van der Waals surface area contributed by atoms with Gasteiger partial charge >= 0.3 is 0 Å². The van der Waals surface area contributed by atoms with Crippen LogP contribution in [0.2, 0.25) is 0 Å².